The summed E-state index contributed by atoms with van der Waals surface area (Å²) in [5.74, 6) is 0. The fourth-order valence-electron chi connectivity index (χ4n) is 1.73. The molecule has 0 fully saturated rings. The second-order valence-electron chi connectivity index (χ2n) is 4.50. The Labute approximate surface area is 128 Å². The molecular weight excluding hydrogens is 317 g/mol. The van der Waals surface area contributed by atoms with Crippen molar-refractivity contribution in [2.75, 3.05) is 4.72 Å². The van der Waals surface area contributed by atoms with Gasteiger partial charge in [0.2, 0.25) is 0 Å². The molecule has 0 saturated carbocycles. The molecule has 1 N–H and O–H groups in total. The van der Waals surface area contributed by atoms with Crippen molar-refractivity contribution < 1.29 is 8.42 Å². The first-order chi connectivity index (χ1) is 9.29. The first-order valence-electron chi connectivity index (χ1n) is 5.85. The number of halogens is 2. The molecule has 0 aliphatic carbocycles. The molecule has 3 nitrogen and oxygen atoms in total. The van der Waals surface area contributed by atoms with E-state index in [4.69, 9.17) is 23.2 Å². The van der Waals surface area contributed by atoms with E-state index >= 15 is 0 Å². The first kappa shape index (κ1) is 15.2. The molecule has 0 spiro atoms. The Kier molecular flexibility index (Phi) is 4.28. The van der Waals surface area contributed by atoms with Gasteiger partial charge in [0.05, 0.1) is 10.7 Å². The van der Waals surface area contributed by atoms with Gasteiger partial charge in [-0.2, -0.15) is 0 Å². The predicted octanol–water partition coefficient (Wildman–Crippen LogP) is 4.41. The van der Waals surface area contributed by atoms with Gasteiger partial charge < -0.3 is 0 Å². The van der Waals surface area contributed by atoms with Gasteiger partial charge >= 0.3 is 0 Å². The monoisotopic (exact) mass is 329 g/mol. The summed E-state index contributed by atoms with van der Waals surface area (Å²) in [7, 11) is -3.74. The minimum Gasteiger partial charge on any atom is -0.279 e. The molecule has 0 aliphatic heterocycles. The molecule has 2 aromatic carbocycles. The summed E-state index contributed by atoms with van der Waals surface area (Å²) in [5, 5.41) is 0.653. The Morgan fingerprint density at radius 1 is 1.00 bits per heavy atom. The average molecular weight is 330 g/mol. The molecule has 0 saturated heterocycles. The quantitative estimate of drug-likeness (QED) is 0.906. The Bertz CT molecular complexity index is 758. The molecule has 0 unspecified atom stereocenters. The van der Waals surface area contributed by atoms with Crippen LogP contribution in [0.5, 0.6) is 0 Å². The number of hydrogen-bond donors (Lipinski definition) is 1. The van der Waals surface area contributed by atoms with Crippen molar-refractivity contribution in [2.45, 2.75) is 18.7 Å². The number of nitrogens with one attached hydrogen (secondary N) is 1. The van der Waals surface area contributed by atoms with Crippen LogP contribution in [0, 0.1) is 13.8 Å². The molecule has 2 rings (SSSR count). The molecule has 6 heteroatoms. The van der Waals surface area contributed by atoms with Crippen molar-refractivity contribution >= 4 is 38.9 Å². The van der Waals surface area contributed by atoms with E-state index in [0.717, 1.165) is 11.1 Å². The van der Waals surface area contributed by atoms with Crippen molar-refractivity contribution in [1.82, 2.24) is 0 Å². The smallest absolute Gasteiger partial charge is 0.263 e. The van der Waals surface area contributed by atoms with Gasteiger partial charge in [-0.15, -0.1) is 0 Å². The van der Waals surface area contributed by atoms with Crippen LogP contribution in [0.1, 0.15) is 11.1 Å². The second-order valence-corrected chi connectivity index (χ2v) is 6.99. The van der Waals surface area contributed by atoms with Crippen LogP contribution in [0.15, 0.2) is 41.3 Å². The maximum absolute atomic E-state index is 12.4. The summed E-state index contributed by atoms with van der Waals surface area (Å²) >= 11 is 11.9. The van der Waals surface area contributed by atoms with Gasteiger partial charge in [-0.3, -0.25) is 4.72 Å². The second kappa shape index (κ2) is 5.64. The molecule has 0 aliphatic rings. The largest absolute Gasteiger partial charge is 0.279 e. The van der Waals surface area contributed by atoms with Crippen molar-refractivity contribution in [3.05, 3.63) is 57.6 Å². The number of anilines is 1. The van der Waals surface area contributed by atoms with Gasteiger partial charge in [0.15, 0.2) is 0 Å². The van der Waals surface area contributed by atoms with Crippen molar-refractivity contribution in [1.29, 1.82) is 0 Å². The van der Waals surface area contributed by atoms with E-state index in [9.17, 15) is 8.42 Å². The number of sulfonamides is 1. The molecule has 106 valence electrons. The number of hydrogen-bond acceptors (Lipinski definition) is 2. The minimum absolute atomic E-state index is 0.0455. The third-order valence-corrected chi connectivity index (χ3v) is 4.90. The molecule has 0 atom stereocenters. The van der Waals surface area contributed by atoms with Crippen molar-refractivity contribution in [2.24, 2.45) is 0 Å². The van der Waals surface area contributed by atoms with Crippen LogP contribution in [0.3, 0.4) is 0 Å². The standard InChI is InChI=1S/C14H13Cl2NO2S/c1-9-3-6-14(12(16)7-9)20(18,19)17-13-8-11(15)5-4-10(13)2/h3-8,17H,1-2H3. The van der Waals surface area contributed by atoms with Crippen LogP contribution in [-0.4, -0.2) is 8.42 Å². The van der Waals surface area contributed by atoms with Crippen LogP contribution >= 0.6 is 23.2 Å². The molecule has 0 bridgehead atoms. The Morgan fingerprint density at radius 2 is 1.70 bits per heavy atom. The SMILES string of the molecule is Cc1ccc(S(=O)(=O)Nc2cc(Cl)ccc2C)c(Cl)c1. The average Bonchev–Trinajstić information content (AvgIpc) is 2.33. The van der Waals surface area contributed by atoms with Crippen LogP contribution in [0.25, 0.3) is 0 Å². The van der Waals surface area contributed by atoms with Gasteiger partial charge in [0, 0.05) is 5.02 Å². The van der Waals surface area contributed by atoms with Crippen LogP contribution in [-0.2, 0) is 10.0 Å². The van der Waals surface area contributed by atoms with Gasteiger partial charge in [-0.1, -0.05) is 35.3 Å². The molecule has 0 amide bonds. The maximum Gasteiger partial charge on any atom is 0.263 e. The van der Waals surface area contributed by atoms with Crippen LogP contribution < -0.4 is 4.72 Å². The molecule has 0 radical (unpaired) electrons. The van der Waals surface area contributed by atoms with E-state index in [1.54, 1.807) is 37.3 Å². The van der Waals surface area contributed by atoms with E-state index in [-0.39, 0.29) is 9.92 Å². The molecule has 0 aromatic heterocycles. The van der Waals surface area contributed by atoms with Crippen LogP contribution in [0.2, 0.25) is 10.0 Å². The Morgan fingerprint density at radius 3 is 2.35 bits per heavy atom. The summed E-state index contributed by atoms with van der Waals surface area (Å²) in [6.45, 7) is 3.64. The third-order valence-electron chi connectivity index (χ3n) is 2.82. The number of benzene rings is 2. The highest BCUT2D eigenvalue weighted by Crippen LogP contribution is 2.27. The lowest BCUT2D eigenvalue weighted by Gasteiger charge is -2.12. The van der Waals surface area contributed by atoms with E-state index < -0.39 is 10.0 Å². The number of aryl methyl sites for hydroxylation is 2. The van der Waals surface area contributed by atoms with E-state index in [1.165, 1.54) is 6.07 Å². The zero-order valence-electron chi connectivity index (χ0n) is 10.9. The van der Waals surface area contributed by atoms with Crippen LogP contribution in [0.4, 0.5) is 5.69 Å². The lowest BCUT2D eigenvalue weighted by molar-refractivity contribution is 0.601. The molecular formula is C14H13Cl2NO2S. The summed E-state index contributed by atoms with van der Waals surface area (Å²) < 4.78 is 27.2. The lowest BCUT2D eigenvalue weighted by atomic mass is 10.2. The van der Waals surface area contributed by atoms with E-state index in [1.807, 2.05) is 6.92 Å². The predicted molar refractivity (Wildman–Crippen MR) is 83.2 cm³/mol. The fraction of sp³-hybridized carbons (Fsp3) is 0.143. The third kappa shape index (κ3) is 3.26. The van der Waals surface area contributed by atoms with Gasteiger partial charge in [0.25, 0.3) is 10.0 Å². The molecule has 20 heavy (non-hydrogen) atoms. The van der Waals surface area contributed by atoms with Crippen molar-refractivity contribution in [3.63, 3.8) is 0 Å². The van der Waals surface area contributed by atoms with E-state index in [0.29, 0.717) is 10.7 Å². The summed E-state index contributed by atoms with van der Waals surface area (Å²) in [6.07, 6.45) is 0. The van der Waals surface area contributed by atoms with E-state index in [2.05, 4.69) is 4.72 Å². The highest BCUT2D eigenvalue weighted by atomic mass is 35.5. The minimum atomic E-state index is -3.74. The van der Waals surface area contributed by atoms with Crippen molar-refractivity contribution in [3.8, 4) is 0 Å². The Balaban J connectivity index is 2.43. The fourth-order valence-corrected chi connectivity index (χ4v) is 3.62. The molecule has 0 heterocycles. The summed E-state index contributed by atoms with van der Waals surface area (Å²) in [5.41, 5.74) is 2.11. The lowest BCUT2D eigenvalue weighted by Crippen LogP contribution is -2.14. The van der Waals surface area contributed by atoms with Gasteiger partial charge in [0.1, 0.15) is 4.90 Å². The highest BCUT2D eigenvalue weighted by Gasteiger charge is 2.18. The normalized spacial score (nSPS) is 11.4. The van der Waals surface area contributed by atoms with Gasteiger partial charge in [-0.25, -0.2) is 8.42 Å². The Hall–Kier alpha value is -1.23. The molecule has 2 aromatic rings. The first-order valence-corrected chi connectivity index (χ1v) is 8.08. The zero-order chi connectivity index (χ0) is 14.9. The zero-order valence-corrected chi connectivity index (χ0v) is 13.3. The summed E-state index contributed by atoms with van der Waals surface area (Å²) in [6, 6.07) is 9.81. The topological polar surface area (TPSA) is 46.2 Å². The van der Waals surface area contributed by atoms with Gasteiger partial charge in [-0.05, 0) is 49.2 Å². The number of rotatable bonds is 3. The highest BCUT2D eigenvalue weighted by molar-refractivity contribution is 7.92. The maximum atomic E-state index is 12.4. The summed E-state index contributed by atoms with van der Waals surface area (Å²) in [4.78, 5) is 0.0455.